The van der Waals surface area contributed by atoms with Crippen LogP contribution < -0.4 is 10.6 Å². The van der Waals surface area contributed by atoms with Gasteiger partial charge in [0.15, 0.2) is 5.82 Å². The van der Waals surface area contributed by atoms with E-state index in [1.165, 1.54) is 0 Å². The van der Waals surface area contributed by atoms with Gasteiger partial charge in [-0.1, -0.05) is 6.92 Å². The molecule has 0 bridgehead atoms. The second-order valence-electron chi connectivity index (χ2n) is 4.22. The van der Waals surface area contributed by atoms with E-state index >= 15 is 0 Å². The number of halogens is 2. The maximum atomic E-state index is 14.3. The minimum Gasteiger partial charge on any atom is -0.384 e. The number of anilines is 1. The molecule has 5 heteroatoms. The van der Waals surface area contributed by atoms with E-state index in [9.17, 15) is 4.39 Å². The third kappa shape index (κ3) is 2.83. The number of nitrogen functional groups attached to an aromatic ring is 1. The molecule has 0 fully saturated rings. The number of nitrogens with one attached hydrogen (secondary N) is 1. The number of amidine groups is 1. The van der Waals surface area contributed by atoms with Crippen LogP contribution in [0.5, 0.6) is 0 Å². The monoisotopic (exact) mass is 315 g/mol. The van der Waals surface area contributed by atoms with Gasteiger partial charge in [0.1, 0.15) is 5.84 Å². The fraction of sp³-hybridized carbons (Fsp3) is 0.462. The van der Waals surface area contributed by atoms with Gasteiger partial charge in [-0.25, -0.2) is 4.39 Å². The highest BCUT2D eigenvalue weighted by Crippen LogP contribution is 2.30. The molecule has 1 aromatic rings. The van der Waals surface area contributed by atoms with Gasteiger partial charge in [-0.3, -0.25) is 5.41 Å². The molecule has 0 saturated carbocycles. The highest BCUT2D eigenvalue weighted by Gasteiger charge is 2.19. The Balaban J connectivity index is 3.26. The molecule has 1 atom stereocenters. The molecule has 0 aliphatic carbocycles. The zero-order chi connectivity index (χ0) is 13.9. The molecule has 0 aromatic heterocycles. The molecule has 0 amide bonds. The highest BCUT2D eigenvalue weighted by molar-refractivity contribution is 9.10. The van der Waals surface area contributed by atoms with E-state index in [4.69, 9.17) is 11.1 Å². The van der Waals surface area contributed by atoms with Crippen molar-refractivity contribution in [3.63, 3.8) is 0 Å². The van der Waals surface area contributed by atoms with Crippen molar-refractivity contribution in [1.29, 1.82) is 5.41 Å². The summed E-state index contributed by atoms with van der Waals surface area (Å²) in [4.78, 5) is 2.00. The topological polar surface area (TPSA) is 53.1 Å². The summed E-state index contributed by atoms with van der Waals surface area (Å²) in [7, 11) is 0. The quantitative estimate of drug-likeness (QED) is 0.645. The van der Waals surface area contributed by atoms with Crippen molar-refractivity contribution in [2.24, 2.45) is 5.73 Å². The summed E-state index contributed by atoms with van der Waals surface area (Å²) in [5.41, 5.74) is 6.33. The third-order valence-corrected chi connectivity index (χ3v) is 3.90. The Labute approximate surface area is 116 Å². The summed E-state index contributed by atoms with van der Waals surface area (Å²) in [5, 5.41) is 7.38. The lowest BCUT2D eigenvalue weighted by Gasteiger charge is -2.30. The predicted molar refractivity (Wildman–Crippen MR) is 77.9 cm³/mol. The van der Waals surface area contributed by atoms with E-state index in [0.717, 1.165) is 13.0 Å². The Kier molecular flexibility index (Phi) is 5.14. The van der Waals surface area contributed by atoms with Gasteiger partial charge in [-0.05, 0) is 48.3 Å². The molecule has 0 aliphatic rings. The molecule has 0 spiro atoms. The van der Waals surface area contributed by atoms with Crippen LogP contribution in [0, 0.1) is 11.2 Å². The average Bonchev–Trinajstić information content (AvgIpc) is 2.34. The highest BCUT2D eigenvalue weighted by atomic mass is 79.9. The van der Waals surface area contributed by atoms with E-state index in [1.807, 2.05) is 11.8 Å². The van der Waals surface area contributed by atoms with E-state index in [-0.39, 0.29) is 22.2 Å². The van der Waals surface area contributed by atoms with Crippen molar-refractivity contribution in [2.75, 3.05) is 11.4 Å². The van der Waals surface area contributed by atoms with Crippen LogP contribution in [0.2, 0.25) is 0 Å². The zero-order valence-corrected chi connectivity index (χ0v) is 12.5. The lowest BCUT2D eigenvalue weighted by molar-refractivity contribution is 0.579. The van der Waals surface area contributed by atoms with E-state index < -0.39 is 0 Å². The number of nitrogens with two attached hydrogens (primary N) is 1. The van der Waals surface area contributed by atoms with Gasteiger partial charge in [-0.15, -0.1) is 0 Å². The first-order valence-electron chi connectivity index (χ1n) is 6.03. The molecule has 0 radical (unpaired) electrons. The van der Waals surface area contributed by atoms with Crippen LogP contribution in [0.3, 0.4) is 0 Å². The van der Waals surface area contributed by atoms with E-state index in [1.54, 1.807) is 12.1 Å². The molecule has 0 aliphatic heterocycles. The summed E-state index contributed by atoms with van der Waals surface area (Å²) < 4.78 is 14.6. The molecular weight excluding hydrogens is 297 g/mol. The fourth-order valence-electron chi connectivity index (χ4n) is 1.91. The summed E-state index contributed by atoms with van der Waals surface area (Å²) >= 11 is 3.18. The Morgan fingerprint density at radius 3 is 2.56 bits per heavy atom. The van der Waals surface area contributed by atoms with Gasteiger partial charge in [0, 0.05) is 18.2 Å². The third-order valence-electron chi connectivity index (χ3n) is 3.13. The Bertz CT molecular complexity index is 448. The fourth-order valence-corrected chi connectivity index (χ4v) is 2.46. The molecule has 3 N–H and O–H groups in total. The molecule has 1 aromatic carbocycles. The van der Waals surface area contributed by atoms with Crippen molar-refractivity contribution < 1.29 is 4.39 Å². The van der Waals surface area contributed by atoms with Crippen LogP contribution >= 0.6 is 15.9 Å². The molecule has 18 heavy (non-hydrogen) atoms. The Morgan fingerprint density at radius 1 is 1.50 bits per heavy atom. The SMILES string of the molecule is CCC(C)N(CC)c1ccc(C(=N)N)c(Br)c1F. The van der Waals surface area contributed by atoms with Crippen molar-refractivity contribution in [2.45, 2.75) is 33.2 Å². The van der Waals surface area contributed by atoms with Gasteiger partial charge in [0.05, 0.1) is 10.2 Å². The van der Waals surface area contributed by atoms with Gasteiger partial charge in [-0.2, -0.15) is 0 Å². The molecule has 3 nitrogen and oxygen atoms in total. The molecule has 0 saturated heterocycles. The standard InChI is InChI=1S/C13H19BrFN3/c1-4-8(3)18(5-2)10-7-6-9(13(16)17)11(14)12(10)15/h6-8H,4-5H2,1-3H3,(H3,16,17). The lowest BCUT2D eigenvalue weighted by atomic mass is 10.1. The van der Waals surface area contributed by atoms with Crippen LogP contribution in [-0.4, -0.2) is 18.4 Å². The van der Waals surface area contributed by atoms with Crippen molar-refractivity contribution in [1.82, 2.24) is 0 Å². The molecule has 1 unspecified atom stereocenters. The number of hydrogen-bond acceptors (Lipinski definition) is 2. The first-order chi connectivity index (χ1) is 8.43. The normalized spacial score (nSPS) is 12.3. The van der Waals surface area contributed by atoms with Gasteiger partial charge in [0.2, 0.25) is 0 Å². The summed E-state index contributed by atoms with van der Waals surface area (Å²) in [6.07, 6.45) is 0.944. The Hall–Kier alpha value is -1.10. The maximum Gasteiger partial charge on any atom is 0.161 e. The van der Waals surface area contributed by atoms with Gasteiger partial charge in [0.25, 0.3) is 0 Å². The zero-order valence-electron chi connectivity index (χ0n) is 10.9. The van der Waals surface area contributed by atoms with E-state index in [0.29, 0.717) is 11.3 Å². The van der Waals surface area contributed by atoms with Crippen LogP contribution in [0.1, 0.15) is 32.8 Å². The Morgan fingerprint density at radius 2 is 2.11 bits per heavy atom. The van der Waals surface area contributed by atoms with Crippen LogP contribution in [0.4, 0.5) is 10.1 Å². The molecule has 0 heterocycles. The average molecular weight is 316 g/mol. The minimum absolute atomic E-state index is 0.140. The number of rotatable bonds is 5. The van der Waals surface area contributed by atoms with Crippen LogP contribution in [0.25, 0.3) is 0 Å². The second-order valence-corrected chi connectivity index (χ2v) is 5.01. The molecule has 1 rings (SSSR count). The molecular formula is C13H19BrFN3. The summed E-state index contributed by atoms with van der Waals surface area (Å²) in [6.45, 7) is 6.87. The molecule has 100 valence electrons. The summed E-state index contributed by atoms with van der Waals surface area (Å²) in [5.74, 6) is -0.497. The largest absolute Gasteiger partial charge is 0.384 e. The number of benzene rings is 1. The van der Waals surface area contributed by atoms with Crippen LogP contribution in [0.15, 0.2) is 16.6 Å². The van der Waals surface area contributed by atoms with Crippen LogP contribution in [-0.2, 0) is 0 Å². The van der Waals surface area contributed by atoms with E-state index in [2.05, 4.69) is 29.8 Å². The second kappa shape index (κ2) is 6.18. The number of nitrogens with zero attached hydrogens (tertiary/aromatic N) is 1. The number of hydrogen-bond donors (Lipinski definition) is 2. The summed E-state index contributed by atoms with van der Waals surface area (Å²) in [6, 6.07) is 3.63. The predicted octanol–water partition coefficient (Wildman–Crippen LogP) is 3.50. The van der Waals surface area contributed by atoms with Gasteiger partial charge < -0.3 is 10.6 Å². The first-order valence-corrected chi connectivity index (χ1v) is 6.82. The van der Waals surface area contributed by atoms with Crippen molar-refractivity contribution in [3.8, 4) is 0 Å². The van der Waals surface area contributed by atoms with Crippen molar-refractivity contribution >= 4 is 27.5 Å². The minimum atomic E-state index is -0.357. The van der Waals surface area contributed by atoms with Crippen molar-refractivity contribution in [3.05, 3.63) is 28.0 Å². The lowest BCUT2D eigenvalue weighted by Crippen LogP contribution is -2.33. The maximum absolute atomic E-state index is 14.3. The first kappa shape index (κ1) is 15.0. The smallest absolute Gasteiger partial charge is 0.161 e. The van der Waals surface area contributed by atoms with Gasteiger partial charge >= 0.3 is 0 Å².